The number of ether oxygens (including phenoxy) is 1. The van der Waals surface area contributed by atoms with E-state index in [0.717, 1.165) is 19.5 Å². The summed E-state index contributed by atoms with van der Waals surface area (Å²) < 4.78 is 28.3. The van der Waals surface area contributed by atoms with Crippen LogP contribution in [0.4, 0.5) is 0 Å². The molecule has 0 amide bonds. The highest BCUT2D eigenvalue weighted by atomic mass is 32.2. The van der Waals surface area contributed by atoms with E-state index in [4.69, 9.17) is 4.74 Å². The van der Waals surface area contributed by atoms with E-state index in [1.807, 2.05) is 6.92 Å². The predicted molar refractivity (Wildman–Crippen MR) is 65.3 cm³/mol. The van der Waals surface area contributed by atoms with Gasteiger partial charge in [-0.1, -0.05) is 6.92 Å². The van der Waals surface area contributed by atoms with E-state index in [-0.39, 0.29) is 5.92 Å². The zero-order valence-electron chi connectivity index (χ0n) is 10.2. The second-order valence-corrected chi connectivity index (χ2v) is 6.62. The van der Waals surface area contributed by atoms with Crippen molar-refractivity contribution in [2.45, 2.75) is 20.3 Å². The van der Waals surface area contributed by atoms with Crippen molar-refractivity contribution in [3.63, 3.8) is 0 Å². The summed E-state index contributed by atoms with van der Waals surface area (Å²) in [7, 11) is -2.77. The molecule has 1 aliphatic rings. The molecule has 1 heterocycles. The van der Waals surface area contributed by atoms with E-state index >= 15 is 0 Å². The smallest absolute Gasteiger partial charge is 0.150 e. The van der Waals surface area contributed by atoms with Crippen LogP contribution in [0.2, 0.25) is 0 Å². The summed E-state index contributed by atoms with van der Waals surface area (Å²) in [5.74, 6) is 1.30. The number of nitrogens with one attached hydrogen (secondary N) is 1. The van der Waals surface area contributed by atoms with Crippen LogP contribution in [0.5, 0.6) is 0 Å². The molecule has 0 aliphatic carbocycles. The molecule has 0 saturated carbocycles. The number of hydrogen-bond donors (Lipinski definition) is 1. The van der Waals surface area contributed by atoms with Gasteiger partial charge < -0.3 is 10.1 Å². The van der Waals surface area contributed by atoms with Crippen molar-refractivity contribution in [1.29, 1.82) is 0 Å². The van der Waals surface area contributed by atoms with E-state index in [0.29, 0.717) is 30.6 Å². The minimum atomic E-state index is -2.77. The van der Waals surface area contributed by atoms with Crippen LogP contribution >= 0.6 is 0 Å². The minimum absolute atomic E-state index is 0.274. The van der Waals surface area contributed by atoms with Gasteiger partial charge in [0.2, 0.25) is 0 Å². The monoisotopic (exact) mass is 249 g/mol. The van der Waals surface area contributed by atoms with Crippen molar-refractivity contribution in [1.82, 2.24) is 5.32 Å². The molecule has 0 spiro atoms. The molecule has 1 saturated heterocycles. The summed E-state index contributed by atoms with van der Waals surface area (Å²) in [6, 6.07) is 0. The quantitative estimate of drug-likeness (QED) is 0.721. The first kappa shape index (κ1) is 13.9. The molecule has 0 aromatic heterocycles. The highest BCUT2D eigenvalue weighted by Gasteiger charge is 2.33. The van der Waals surface area contributed by atoms with Gasteiger partial charge in [-0.3, -0.25) is 0 Å². The third-order valence-corrected chi connectivity index (χ3v) is 4.92. The Labute approximate surface area is 98.7 Å². The number of hydrogen-bond acceptors (Lipinski definition) is 4. The summed E-state index contributed by atoms with van der Waals surface area (Å²) in [6.45, 7) is 7.17. The lowest BCUT2D eigenvalue weighted by atomic mass is 9.92. The molecule has 0 radical (unpaired) electrons. The van der Waals surface area contributed by atoms with Gasteiger partial charge in [-0.25, -0.2) is 8.42 Å². The van der Waals surface area contributed by atoms with Gasteiger partial charge in [-0.15, -0.1) is 0 Å². The Morgan fingerprint density at radius 3 is 2.69 bits per heavy atom. The molecular formula is C11H23NO3S. The molecule has 1 aliphatic heterocycles. The predicted octanol–water partition coefficient (Wildman–Crippen LogP) is 0.683. The summed E-state index contributed by atoms with van der Waals surface area (Å²) in [6.07, 6.45) is 0.797. The standard InChI is InChI=1S/C11H23NO3S/c1-3-12-7-11(8-15-4-2)10-5-6-16(13,14)9-10/h10-12H,3-9H2,1-2H3. The first-order valence-corrected chi connectivity index (χ1v) is 7.90. The third kappa shape index (κ3) is 4.39. The molecule has 1 fully saturated rings. The SMILES string of the molecule is CCNCC(COCC)C1CCS(=O)(=O)C1. The molecule has 4 nitrogen and oxygen atoms in total. The van der Waals surface area contributed by atoms with Crippen molar-refractivity contribution < 1.29 is 13.2 Å². The second kappa shape index (κ2) is 6.57. The minimum Gasteiger partial charge on any atom is -0.381 e. The largest absolute Gasteiger partial charge is 0.381 e. The molecule has 16 heavy (non-hydrogen) atoms. The van der Waals surface area contributed by atoms with Crippen LogP contribution in [-0.4, -0.2) is 46.2 Å². The van der Waals surface area contributed by atoms with Gasteiger partial charge in [0.05, 0.1) is 18.1 Å². The first-order chi connectivity index (χ1) is 7.59. The molecular weight excluding hydrogens is 226 g/mol. The Morgan fingerprint density at radius 1 is 1.44 bits per heavy atom. The molecule has 1 rings (SSSR count). The summed E-state index contributed by atoms with van der Waals surface area (Å²) >= 11 is 0. The van der Waals surface area contributed by atoms with Crippen LogP contribution in [0.25, 0.3) is 0 Å². The van der Waals surface area contributed by atoms with Crippen molar-refractivity contribution in [2.75, 3.05) is 37.8 Å². The highest BCUT2D eigenvalue weighted by molar-refractivity contribution is 7.91. The summed E-state index contributed by atoms with van der Waals surface area (Å²) in [5, 5.41) is 3.29. The van der Waals surface area contributed by atoms with Crippen LogP contribution in [0, 0.1) is 11.8 Å². The summed E-state index contributed by atoms with van der Waals surface area (Å²) in [5.41, 5.74) is 0. The van der Waals surface area contributed by atoms with Crippen molar-refractivity contribution >= 4 is 9.84 Å². The van der Waals surface area contributed by atoms with Crippen LogP contribution in [0.1, 0.15) is 20.3 Å². The fourth-order valence-corrected chi connectivity index (χ4v) is 4.08. The number of rotatable bonds is 7. The van der Waals surface area contributed by atoms with Crippen LogP contribution in [-0.2, 0) is 14.6 Å². The lowest BCUT2D eigenvalue weighted by Crippen LogP contribution is -2.32. The zero-order chi connectivity index (χ0) is 12.0. The van der Waals surface area contributed by atoms with Gasteiger partial charge in [-0.2, -0.15) is 0 Å². The fraction of sp³-hybridized carbons (Fsp3) is 1.00. The van der Waals surface area contributed by atoms with Gasteiger partial charge >= 0.3 is 0 Å². The molecule has 0 bridgehead atoms. The topological polar surface area (TPSA) is 55.4 Å². The van der Waals surface area contributed by atoms with Crippen LogP contribution in [0.3, 0.4) is 0 Å². The lowest BCUT2D eigenvalue weighted by Gasteiger charge is -2.22. The van der Waals surface area contributed by atoms with Gasteiger partial charge in [0.1, 0.15) is 0 Å². The maximum Gasteiger partial charge on any atom is 0.150 e. The fourth-order valence-electron chi connectivity index (χ4n) is 2.16. The summed E-state index contributed by atoms with van der Waals surface area (Å²) in [4.78, 5) is 0. The van der Waals surface area contributed by atoms with Crippen LogP contribution in [0.15, 0.2) is 0 Å². The first-order valence-electron chi connectivity index (χ1n) is 6.08. The molecule has 0 aromatic carbocycles. The highest BCUT2D eigenvalue weighted by Crippen LogP contribution is 2.26. The second-order valence-electron chi connectivity index (χ2n) is 4.39. The average Bonchev–Trinajstić information content (AvgIpc) is 2.59. The lowest BCUT2D eigenvalue weighted by molar-refractivity contribution is 0.0901. The van der Waals surface area contributed by atoms with Gasteiger partial charge in [0.25, 0.3) is 0 Å². The molecule has 96 valence electrons. The van der Waals surface area contributed by atoms with Gasteiger partial charge in [-0.05, 0) is 31.7 Å². The molecule has 2 atom stereocenters. The van der Waals surface area contributed by atoms with Crippen molar-refractivity contribution in [2.24, 2.45) is 11.8 Å². The van der Waals surface area contributed by atoms with Crippen LogP contribution < -0.4 is 5.32 Å². The van der Waals surface area contributed by atoms with Crippen molar-refractivity contribution in [3.8, 4) is 0 Å². The Balaban J connectivity index is 2.48. The Morgan fingerprint density at radius 2 is 2.19 bits per heavy atom. The van der Waals surface area contributed by atoms with Gasteiger partial charge in [0.15, 0.2) is 9.84 Å². The maximum atomic E-state index is 11.4. The molecule has 0 aromatic rings. The Hall–Kier alpha value is -0.130. The molecule has 1 N–H and O–H groups in total. The van der Waals surface area contributed by atoms with E-state index in [1.54, 1.807) is 0 Å². The van der Waals surface area contributed by atoms with E-state index in [2.05, 4.69) is 12.2 Å². The molecule has 5 heteroatoms. The number of sulfone groups is 1. The maximum absolute atomic E-state index is 11.4. The normalized spacial score (nSPS) is 25.8. The van der Waals surface area contributed by atoms with E-state index in [1.165, 1.54) is 0 Å². The van der Waals surface area contributed by atoms with Crippen molar-refractivity contribution in [3.05, 3.63) is 0 Å². The zero-order valence-corrected chi connectivity index (χ0v) is 11.1. The van der Waals surface area contributed by atoms with E-state index < -0.39 is 9.84 Å². The Kier molecular flexibility index (Phi) is 5.72. The third-order valence-electron chi connectivity index (χ3n) is 3.13. The van der Waals surface area contributed by atoms with Gasteiger partial charge in [0, 0.05) is 13.2 Å². The van der Waals surface area contributed by atoms with E-state index in [9.17, 15) is 8.42 Å². The Bertz CT molecular complexity index is 282. The average molecular weight is 249 g/mol. The molecule has 2 unspecified atom stereocenters.